The van der Waals surface area contributed by atoms with Gasteiger partial charge in [0.05, 0.1) is 0 Å². The van der Waals surface area contributed by atoms with Gasteiger partial charge in [-0.2, -0.15) is 0 Å². The summed E-state index contributed by atoms with van der Waals surface area (Å²) in [5.41, 5.74) is -1.37. The normalized spacial score (nSPS) is 11.0. The maximum Gasteiger partial charge on any atom is 0.310 e. The number of aromatic amines is 1. The van der Waals surface area contributed by atoms with Gasteiger partial charge in [-0.25, -0.2) is 0 Å². The number of hydrogen-bond acceptors (Lipinski definition) is 6. The first-order valence-electron chi connectivity index (χ1n) is 5.22. The second kappa shape index (κ2) is 5.07. The summed E-state index contributed by atoms with van der Waals surface area (Å²) in [4.78, 5) is 35.3. The predicted molar refractivity (Wildman–Crippen MR) is 69.7 cm³/mol. The highest BCUT2D eigenvalue weighted by Gasteiger charge is 2.15. The Hall–Kier alpha value is -2.41. The number of carbonyl (C=O) groups excluding carboxylic acids is 1. The van der Waals surface area contributed by atoms with Gasteiger partial charge in [0.1, 0.15) is 17.1 Å². The number of furan rings is 1. The van der Waals surface area contributed by atoms with Gasteiger partial charge in [-0.05, 0) is 42.5 Å². The van der Waals surface area contributed by atoms with Gasteiger partial charge in [-0.3, -0.25) is 19.4 Å². The number of rotatable bonds is 3. The predicted octanol–water partition coefficient (Wildman–Crippen LogP) is 1.30. The Morgan fingerprint density at radius 3 is 2.74 bits per heavy atom. The molecule has 0 saturated carbocycles. The standard InChI is InChI=1S/C12H9NO5S/c1-6-2-3-7(18-6)4-5-8(14)9-10(15)13-12(17)19-11(9)16/h2-5,16H,1H3,(H,13,15,17). The summed E-state index contributed by atoms with van der Waals surface area (Å²) in [6.07, 6.45) is 2.48. The van der Waals surface area contributed by atoms with Crippen molar-refractivity contribution in [2.45, 2.75) is 6.92 Å². The van der Waals surface area contributed by atoms with Crippen molar-refractivity contribution in [3.8, 4) is 5.06 Å². The van der Waals surface area contributed by atoms with Gasteiger partial charge in [-0.15, -0.1) is 0 Å². The molecule has 2 heterocycles. The number of nitrogens with one attached hydrogen (secondary N) is 1. The molecule has 0 amide bonds. The Kier molecular flexibility index (Phi) is 3.48. The van der Waals surface area contributed by atoms with Crippen molar-refractivity contribution in [3.63, 3.8) is 0 Å². The monoisotopic (exact) mass is 279 g/mol. The van der Waals surface area contributed by atoms with E-state index in [9.17, 15) is 19.5 Å². The average molecular weight is 279 g/mol. The number of carbonyl (C=O) groups is 1. The minimum atomic E-state index is -0.911. The summed E-state index contributed by atoms with van der Waals surface area (Å²) in [6, 6.07) is 3.38. The molecule has 0 atom stereocenters. The molecule has 0 aliphatic rings. The van der Waals surface area contributed by atoms with Crippen LogP contribution < -0.4 is 10.4 Å². The largest absolute Gasteiger partial charge is 0.499 e. The molecule has 0 aromatic carbocycles. The summed E-state index contributed by atoms with van der Waals surface area (Å²) < 4.78 is 5.21. The van der Waals surface area contributed by atoms with E-state index < -0.39 is 26.8 Å². The summed E-state index contributed by atoms with van der Waals surface area (Å²) in [7, 11) is 0. The van der Waals surface area contributed by atoms with Gasteiger partial charge < -0.3 is 9.52 Å². The molecule has 0 unspecified atom stereocenters. The topological polar surface area (TPSA) is 100 Å². The van der Waals surface area contributed by atoms with Crippen molar-refractivity contribution in [3.05, 3.63) is 55.3 Å². The summed E-state index contributed by atoms with van der Waals surface area (Å²) >= 11 is 0.393. The van der Waals surface area contributed by atoms with E-state index in [2.05, 4.69) is 0 Å². The molecule has 0 saturated heterocycles. The first-order chi connectivity index (χ1) is 8.97. The second-order valence-corrected chi connectivity index (χ2v) is 4.63. The molecule has 19 heavy (non-hydrogen) atoms. The van der Waals surface area contributed by atoms with Crippen molar-refractivity contribution < 1.29 is 14.3 Å². The van der Waals surface area contributed by atoms with Gasteiger partial charge in [0, 0.05) is 0 Å². The molecular weight excluding hydrogens is 270 g/mol. The van der Waals surface area contributed by atoms with Crippen molar-refractivity contribution in [1.29, 1.82) is 0 Å². The fraction of sp³-hybridized carbons (Fsp3) is 0.0833. The van der Waals surface area contributed by atoms with E-state index in [1.807, 2.05) is 4.98 Å². The van der Waals surface area contributed by atoms with Crippen LogP contribution in [0.1, 0.15) is 21.9 Å². The Morgan fingerprint density at radius 1 is 1.42 bits per heavy atom. The molecule has 7 heteroatoms. The third kappa shape index (κ3) is 2.89. The van der Waals surface area contributed by atoms with Gasteiger partial charge in [-0.1, -0.05) is 0 Å². The molecule has 2 N–H and O–H groups in total. The van der Waals surface area contributed by atoms with Crippen LogP contribution in [0.4, 0.5) is 0 Å². The highest BCUT2D eigenvalue weighted by atomic mass is 32.1. The number of H-pyrrole nitrogens is 1. The van der Waals surface area contributed by atoms with E-state index in [-0.39, 0.29) is 0 Å². The summed E-state index contributed by atoms with van der Waals surface area (Å²) in [5, 5.41) is 8.87. The van der Waals surface area contributed by atoms with E-state index in [0.717, 1.165) is 6.08 Å². The minimum Gasteiger partial charge on any atom is -0.499 e. The first-order valence-corrected chi connectivity index (χ1v) is 6.04. The SMILES string of the molecule is Cc1ccc(C=CC(=O)c2c(O)sc(=O)[nH]c2=O)o1. The third-order valence-electron chi connectivity index (χ3n) is 2.25. The zero-order chi connectivity index (χ0) is 14.0. The maximum absolute atomic E-state index is 11.8. The van der Waals surface area contributed by atoms with Crippen molar-refractivity contribution in [1.82, 2.24) is 4.98 Å². The van der Waals surface area contributed by atoms with E-state index >= 15 is 0 Å². The average Bonchev–Trinajstić information content (AvgIpc) is 2.71. The molecule has 0 radical (unpaired) electrons. The highest BCUT2D eigenvalue weighted by Crippen LogP contribution is 2.16. The lowest BCUT2D eigenvalue weighted by Crippen LogP contribution is -2.22. The lowest BCUT2D eigenvalue weighted by Gasteiger charge is -1.96. The van der Waals surface area contributed by atoms with Crippen LogP contribution in [0.15, 0.2) is 32.2 Å². The van der Waals surface area contributed by atoms with Crippen LogP contribution in [0.5, 0.6) is 5.06 Å². The number of aromatic hydroxyl groups is 1. The van der Waals surface area contributed by atoms with Gasteiger partial charge >= 0.3 is 4.87 Å². The van der Waals surface area contributed by atoms with Gasteiger partial charge in [0.15, 0.2) is 10.8 Å². The Balaban J connectivity index is 2.33. The van der Waals surface area contributed by atoms with Crippen LogP contribution in [0.25, 0.3) is 6.08 Å². The smallest absolute Gasteiger partial charge is 0.310 e. The zero-order valence-electron chi connectivity index (χ0n) is 9.80. The Morgan fingerprint density at radius 2 is 2.16 bits per heavy atom. The quantitative estimate of drug-likeness (QED) is 0.651. The number of aromatic nitrogens is 1. The number of allylic oxidation sites excluding steroid dienone is 1. The fourth-order valence-corrected chi connectivity index (χ4v) is 2.03. The van der Waals surface area contributed by atoms with Crippen molar-refractivity contribution in [2.24, 2.45) is 0 Å². The molecule has 0 spiro atoms. The molecule has 2 aromatic rings. The lowest BCUT2D eigenvalue weighted by atomic mass is 10.2. The highest BCUT2D eigenvalue weighted by molar-refractivity contribution is 7.11. The Bertz CT molecular complexity index is 765. The third-order valence-corrected chi connectivity index (χ3v) is 2.94. The number of hydrogen-bond donors (Lipinski definition) is 2. The molecule has 6 nitrogen and oxygen atoms in total. The summed E-state index contributed by atoms with van der Waals surface area (Å²) in [6.45, 7) is 1.75. The van der Waals surface area contributed by atoms with Crippen LogP contribution in [0.3, 0.4) is 0 Å². The zero-order valence-corrected chi connectivity index (χ0v) is 10.6. The van der Waals surface area contributed by atoms with Crippen LogP contribution in [0.2, 0.25) is 0 Å². The Labute approximate surface area is 110 Å². The van der Waals surface area contributed by atoms with Gasteiger partial charge in [0.25, 0.3) is 5.56 Å². The second-order valence-electron chi connectivity index (χ2n) is 3.67. The van der Waals surface area contributed by atoms with E-state index in [0.29, 0.717) is 22.9 Å². The molecule has 0 aliphatic carbocycles. The maximum atomic E-state index is 11.8. The molecule has 0 fully saturated rings. The van der Waals surface area contributed by atoms with E-state index in [1.165, 1.54) is 6.08 Å². The first kappa shape index (κ1) is 13.0. The molecule has 0 aliphatic heterocycles. The molecule has 2 aromatic heterocycles. The lowest BCUT2D eigenvalue weighted by molar-refractivity contribution is 0.104. The molecule has 2 rings (SSSR count). The minimum absolute atomic E-state index is 0.393. The number of aryl methyl sites for hydroxylation is 1. The van der Waals surface area contributed by atoms with Crippen molar-refractivity contribution in [2.75, 3.05) is 0 Å². The summed E-state index contributed by atoms with van der Waals surface area (Å²) in [5.74, 6) is 0.431. The van der Waals surface area contributed by atoms with Crippen LogP contribution in [-0.2, 0) is 0 Å². The van der Waals surface area contributed by atoms with E-state index in [1.54, 1.807) is 19.1 Å². The van der Waals surface area contributed by atoms with Crippen molar-refractivity contribution >= 4 is 23.2 Å². The molecule has 0 bridgehead atoms. The van der Waals surface area contributed by atoms with Crippen LogP contribution in [-0.4, -0.2) is 15.9 Å². The van der Waals surface area contributed by atoms with Gasteiger partial charge in [0.2, 0.25) is 0 Å². The van der Waals surface area contributed by atoms with Crippen LogP contribution >= 0.6 is 11.3 Å². The van der Waals surface area contributed by atoms with E-state index in [4.69, 9.17) is 4.42 Å². The molecular formula is C12H9NO5S. The van der Waals surface area contributed by atoms with Crippen LogP contribution in [0, 0.1) is 6.92 Å². The fourth-order valence-electron chi connectivity index (χ4n) is 1.42. The molecule has 98 valence electrons. The number of ketones is 1.